The van der Waals surface area contributed by atoms with E-state index in [1.165, 1.54) is 6.07 Å². The highest BCUT2D eigenvalue weighted by molar-refractivity contribution is 5.91. The lowest BCUT2D eigenvalue weighted by Gasteiger charge is -2.04. The van der Waals surface area contributed by atoms with Crippen molar-refractivity contribution in [3.05, 3.63) is 83.4 Å². The maximum atomic E-state index is 13.5. The number of amides is 1. The molecule has 6 heteroatoms. The molecule has 0 saturated heterocycles. The fraction of sp³-hybridized carbons (Fsp3) is 0.167. The molecule has 3 rings (SSSR count). The van der Waals surface area contributed by atoms with Crippen LogP contribution in [0.3, 0.4) is 0 Å². The zero-order valence-corrected chi connectivity index (χ0v) is 13.0. The fourth-order valence-corrected chi connectivity index (χ4v) is 2.35. The van der Waals surface area contributed by atoms with E-state index in [0.717, 1.165) is 5.56 Å². The molecule has 1 aromatic heterocycles. The van der Waals surface area contributed by atoms with Gasteiger partial charge < -0.3 is 5.32 Å². The second kappa shape index (κ2) is 7.50. The summed E-state index contributed by atoms with van der Waals surface area (Å²) < 4.78 is 15.1. The predicted octanol–water partition coefficient (Wildman–Crippen LogP) is 2.44. The molecular formula is C18H17FN4O. The minimum absolute atomic E-state index is 0.250. The quantitative estimate of drug-likeness (QED) is 0.757. The van der Waals surface area contributed by atoms with Gasteiger partial charge in [-0.05, 0) is 23.6 Å². The van der Waals surface area contributed by atoms with Crippen LogP contribution in [0.25, 0.3) is 0 Å². The second-order valence-corrected chi connectivity index (χ2v) is 5.38. The zero-order chi connectivity index (χ0) is 16.8. The van der Waals surface area contributed by atoms with Crippen LogP contribution in [0.15, 0.2) is 60.8 Å². The van der Waals surface area contributed by atoms with Crippen molar-refractivity contribution < 1.29 is 9.18 Å². The lowest BCUT2D eigenvalue weighted by atomic mass is 10.1. The van der Waals surface area contributed by atoms with Gasteiger partial charge in [0.2, 0.25) is 0 Å². The second-order valence-electron chi connectivity index (χ2n) is 5.38. The summed E-state index contributed by atoms with van der Waals surface area (Å²) in [6, 6.07) is 16.3. The monoisotopic (exact) mass is 324 g/mol. The predicted molar refractivity (Wildman–Crippen MR) is 88.0 cm³/mol. The van der Waals surface area contributed by atoms with E-state index in [4.69, 9.17) is 0 Å². The first-order valence-corrected chi connectivity index (χ1v) is 7.68. The van der Waals surface area contributed by atoms with Crippen LogP contribution in [0.1, 0.15) is 21.6 Å². The highest BCUT2D eigenvalue weighted by Gasteiger charge is 2.11. The normalized spacial score (nSPS) is 10.5. The molecule has 24 heavy (non-hydrogen) atoms. The smallest absolute Gasteiger partial charge is 0.273 e. The fourth-order valence-electron chi connectivity index (χ4n) is 2.35. The van der Waals surface area contributed by atoms with Gasteiger partial charge in [0.15, 0.2) is 5.69 Å². The standard InChI is InChI=1S/C18H17FN4O/c19-16-9-5-4-8-15(16)10-11-20-18(24)17-13-23(22-21-17)12-14-6-2-1-3-7-14/h1-9,13H,10-12H2,(H,20,24). The molecule has 0 saturated carbocycles. The van der Waals surface area contributed by atoms with Crippen molar-refractivity contribution in [2.75, 3.05) is 6.54 Å². The lowest BCUT2D eigenvalue weighted by molar-refractivity contribution is 0.0949. The van der Waals surface area contributed by atoms with Crippen LogP contribution in [0.5, 0.6) is 0 Å². The van der Waals surface area contributed by atoms with Gasteiger partial charge in [0.25, 0.3) is 5.91 Å². The van der Waals surface area contributed by atoms with Gasteiger partial charge in [-0.3, -0.25) is 4.79 Å². The van der Waals surface area contributed by atoms with Crippen LogP contribution in [-0.4, -0.2) is 27.4 Å². The number of hydrogen-bond acceptors (Lipinski definition) is 3. The van der Waals surface area contributed by atoms with E-state index in [-0.39, 0.29) is 17.4 Å². The Balaban J connectivity index is 1.53. The molecule has 0 aliphatic heterocycles. The average Bonchev–Trinajstić information content (AvgIpc) is 3.06. The van der Waals surface area contributed by atoms with E-state index in [1.807, 2.05) is 30.3 Å². The van der Waals surface area contributed by atoms with Gasteiger partial charge in [-0.15, -0.1) is 5.10 Å². The van der Waals surface area contributed by atoms with E-state index in [0.29, 0.717) is 25.1 Å². The molecule has 2 aromatic carbocycles. The van der Waals surface area contributed by atoms with Gasteiger partial charge in [-0.2, -0.15) is 0 Å². The number of aromatic nitrogens is 3. The molecule has 1 N–H and O–H groups in total. The van der Waals surface area contributed by atoms with Gasteiger partial charge in [-0.1, -0.05) is 53.7 Å². The number of halogens is 1. The maximum absolute atomic E-state index is 13.5. The van der Waals surface area contributed by atoms with Crippen molar-refractivity contribution in [2.45, 2.75) is 13.0 Å². The average molecular weight is 324 g/mol. The maximum Gasteiger partial charge on any atom is 0.273 e. The highest BCUT2D eigenvalue weighted by atomic mass is 19.1. The van der Waals surface area contributed by atoms with Gasteiger partial charge in [0, 0.05) is 6.54 Å². The van der Waals surface area contributed by atoms with Crippen molar-refractivity contribution in [1.82, 2.24) is 20.3 Å². The Morgan fingerprint density at radius 2 is 1.83 bits per heavy atom. The molecule has 0 fully saturated rings. The summed E-state index contributed by atoms with van der Waals surface area (Å²) in [6.45, 7) is 0.891. The molecule has 0 bridgehead atoms. The summed E-state index contributed by atoms with van der Waals surface area (Å²) in [6.07, 6.45) is 2.03. The number of carbonyl (C=O) groups is 1. The molecule has 0 aliphatic carbocycles. The first-order chi connectivity index (χ1) is 11.7. The zero-order valence-electron chi connectivity index (χ0n) is 13.0. The SMILES string of the molecule is O=C(NCCc1ccccc1F)c1cn(Cc2ccccc2)nn1. The summed E-state index contributed by atoms with van der Waals surface area (Å²) >= 11 is 0. The van der Waals surface area contributed by atoms with Crippen molar-refractivity contribution >= 4 is 5.91 Å². The Hall–Kier alpha value is -3.02. The van der Waals surface area contributed by atoms with Crippen LogP contribution in [0.4, 0.5) is 4.39 Å². The Morgan fingerprint density at radius 3 is 2.62 bits per heavy atom. The van der Waals surface area contributed by atoms with Crippen LogP contribution >= 0.6 is 0 Å². The number of rotatable bonds is 6. The third kappa shape index (κ3) is 4.04. The molecule has 0 atom stereocenters. The summed E-state index contributed by atoms with van der Waals surface area (Å²) in [5, 5.41) is 10.6. The summed E-state index contributed by atoms with van der Waals surface area (Å²) in [5.41, 5.74) is 1.90. The molecule has 5 nitrogen and oxygen atoms in total. The minimum Gasteiger partial charge on any atom is -0.350 e. The van der Waals surface area contributed by atoms with Gasteiger partial charge in [-0.25, -0.2) is 9.07 Å². The molecule has 122 valence electrons. The largest absolute Gasteiger partial charge is 0.350 e. The highest BCUT2D eigenvalue weighted by Crippen LogP contribution is 2.06. The van der Waals surface area contributed by atoms with Gasteiger partial charge in [0.1, 0.15) is 5.82 Å². The van der Waals surface area contributed by atoms with E-state index in [9.17, 15) is 9.18 Å². The third-order valence-corrected chi connectivity index (χ3v) is 3.60. The van der Waals surface area contributed by atoms with Gasteiger partial charge in [0.05, 0.1) is 12.7 Å². The molecule has 0 unspecified atom stereocenters. The number of carbonyl (C=O) groups excluding carboxylic acids is 1. The Kier molecular flexibility index (Phi) is 4.96. The Morgan fingerprint density at radius 1 is 1.08 bits per heavy atom. The van der Waals surface area contributed by atoms with E-state index < -0.39 is 0 Å². The number of nitrogens with one attached hydrogen (secondary N) is 1. The van der Waals surface area contributed by atoms with E-state index in [2.05, 4.69) is 15.6 Å². The van der Waals surface area contributed by atoms with Crippen LogP contribution < -0.4 is 5.32 Å². The molecule has 3 aromatic rings. The lowest BCUT2D eigenvalue weighted by Crippen LogP contribution is -2.26. The molecule has 0 aliphatic rings. The molecule has 1 heterocycles. The van der Waals surface area contributed by atoms with Crippen LogP contribution in [-0.2, 0) is 13.0 Å². The molecule has 1 amide bonds. The van der Waals surface area contributed by atoms with E-state index >= 15 is 0 Å². The van der Waals surface area contributed by atoms with E-state index in [1.54, 1.807) is 29.1 Å². The number of nitrogens with zero attached hydrogens (tertiary/aromatic N) is 3. The molecule has 0 spiro atoms. The molecular weight excluding hydrogens is 307 g/mol. The minimum atomic E-state index is -0.314. The Labute approximate surface area is 139 Å². The van der Waals surface area contributed by atoms with Crippen LogP contribution in [0, 0.1) is 5.82 Å². The summed E-state index contributed by atoms with van der Waals surface area (Å²) in [7, 11) is 0. The first kappa shape index (κ1) is 15.9. The first-order valence-electron chi connectivity index (χ1n) is 7.68. The van der Waals surface area contributed by atoms with Crippen molar-refractivity contribution in [2.24, 2.45) is 0 Å². The van der Waals surface area contributed by atoms with Crippen molar-refractivity contribution in [3.63, 3.8) is 0 Å². The summed E-state index contributed by atoms with van der Waals surface area (Å²) in [5.74, 6) is -0.578. The summed E-state index contributed by atoms with van der Waals surface area (Å²) in [4.78, 5) is 12.1. The number of hydrogen-bond donors (Lipinski definition) is 1. The van der Waals surface area contributed by atoms with Crippen molar-refractivity contribution in [3.8, 4) is 0 Å². The third-order valence-electron chi connectivity index (χ3n) is 3.60. The van der Waals surface area contributed by atoms with Crippen molar-refractivity contribution in [1.29, 1.82) is 0 Å². The number of benzene rings is 2. The topological polar surface area (TPSA) is 59.8 Å². The van der Waals surface area contributed by atoms with Gasteiger partial charge >= 0.3 is 0 Å². The van der Waals surface area contributed by atoms with Crippen LogP contribution in [0.2, 0.25) is 0 Å². The Bertz CT molecular complexity index is 817. The molecule has 0 radical (unpaired) electrons.